The van der Waals surface area contributed by atoms with Crippen molar-refractivity contribution in [2.24, 2.45) is 7.05 Å². The molecule has 158 valence electrons. The Bertz CT molecular complexity index is 1220. The van der Waals surface area contributed by atoms with Crippen LogP contribution in [0.15, 0.2) is 60.1 Å². The van der Waals surface area contributed by atoms with Crippen molar-refractivity contribution in [3.8, 4) is 16.3 Å². The lowest BCUT2D eigenvalue weighted by molar-refractivity contribution is -0.125. The maximum atomic E-state index is 12.8. The molecule has 4 rings (SSSR count). The lowest BCUT2D eigenvalue weighted by Gasteiger charge is -2.14. The largest absolute Gasteiger partial charge is 0.338 e. The number of rotatable bonds is 6. The van der Waals surface area contributed by atoms with Gasteiger partial charge in [0.1, 0.15) is 10.8 Å². The molecule has 4 aromatic rings. The van der Waals surface area contributed by atoms with Crippen LogP contribution in [0.1, 0.15) is 16.8 Å². The molecule has 0 aliphatic heterocycles. The van der Waals surface area contributed by atoms with Crippen LogP contribution in [-0.2, 0) is 18.4 Å². The number of nitrogens with zero attached hydrogens (tertiary/aromatic N) is 5. The van der Waals surface area contributed by atoms with Crippen molar-refractivity contribution >= 4 is 34.9 Å². The Morgan fingerprint density at radius 1 is 1.19 bits per heavy atom. The van der Waals surface area contributed by atoms with Crippen LogP contribution in [0.3, 0.4) is 0 Å². The van der Waals surface area contributed by atoms with Gasteiger partial charge in [0.25, 0.3) is 0 Å². The highest BCUT2D eigenvalue weighted by Gasteiger charge is 2.17. The number of carbonyl (C=O) groups excluding carboxylic acids is 1. The molecule has 0 spiro atoms. The smallest absolute Gasteiger partial charge is 0.246 e. The van der Waals surface area contributed by atoms with Crippen LogP contribution < -0.4 is 0 Å². The molecule has 0 aliphatic carbocycles. The Hall–Kier alpha value is -3.16. The summed E-state index contributed by atoms with van der Waals surface area (Å²) in [4.78, 5) is 15.5. The van der Waals surface area contributed by atoms with Crippen LogP contribution in [0.4, 0.5) is 0 Å². The van der Waals surface area contributed by atoms with Crippen molar-refractivity contribution in [2.45, 2.75) is 13.5 Å². The Morgan fingerprint density at radius 2 is 1.97 bits per heavy atom. The molecule has 0 saturated carbocycles. The molecule has 0 atom stereocenters. The molecule has 0 saturated heterocycles. The van der Waals surface area contributed by atoms with Crippen molar-refractivity contribution in [3.63, 3.8) is 0 Å². The quantitative estimate of drug-likeness (QED) is 0.389. The summed E-state index contributed by atoms with van der Waals surface area (Å²) >= 11 is 7.89. The molecule has 1 aromatic carbocycles. The number of benzene rings is 1. The van der Waals surface area contributed by atoms with Gasteiger partial charge in [-0.3, -0.25) is 9.48 Å². The van der Waals surface area contributed by atoms with Gasteiger partial charge in [-0.1, -0.05) is 35.9 Å². The normalized spacial score (nSPS) is 11.4. The first kappa shape index (κ1) is 21.1. The number of aromatic nitrogens is 4. The average molecular weight is 452 g/mol. The molecule has 0 N–H and O–H groups in total. The predicted molar refractivity (Wildman–Crippen MR) is 125 cm³/mol. The first-order valence-corrected chi connectivity index (χ1v) is 11.0. The van der Waals surface area contributed by atoms with E-state index >= 15 is 0 Å². The van der Waals surface area contributed by atoms with Gasteiger partial charge >= 0.3 is 0 Å². The van der Waals surface area contributed by atoms with E-state index in [0.29, 0.717) is 11.7 Å². The third-order valence-electron chi connectivity index (χ3n) is 4.94. The van der Waals surface area contributed by atoms with Gasteiger partial charge in [0.2, 0.25) is 5.91 Å². The van der Waals surface area contributed by atoms with Crippen molar-refractivity contribution < 1.29 is 4.79 Å². The summed E-state index contributed by atoms with van der Waals surface area (Å²) in [5, 5.41) is 11.6. The number of amides is 1. The summed E-state index contributed by atoms with van der Waals surface area (Å²) in [6.07, 6.45) is 5.24. The number of hydrogen-bond donors (Lipinski definition) is 0. The summed E-state index contributed by atoms with van der Waals surface area (Å²) in [7, 11) is 3.56. The van der Waals surface area contributed by atoms with Gasteiger partial charge < -0.3 is 4.90 Å². The molecule has 3 aromatic heterocycles. The Labute approximate surface area is 190 Å². The Morgan fingerprint density at radius 3 is 2.61 bits per heavy atom. The maximum Gasteiger partial charge on any atom is 0.246 e. The van der Waals surface area contributed by atoms with Gasteiger partial charge in [-0.05, 0) is 36.6 Å². The van der Waals surface area contributed by atoms with E-state index in [1.54, 1.807) is 41.1 Å². The van der Waals surface area contributed by atoms with Gasteiger partial charge in [0, 0.05) is 44.0 Å². The topological polar surface area (TPSA) is 56.0 Å². The van der Waals surface area contributed by atoms with E-state index in [9.17, 15) is 4.79 Å². The second-order valence-electron chi connectivity index (χ2n) is 7.20. The number of hydrogen-bond acceptors (Lipinski definition) is 4. The summed E-state index contributed by atoms with van der Waals surface area (Å²) < 4.78 is 3.45. The molecule has 0 aliphatic rings. The van der Waals surface area contributed by atoms with Gasteiger partial charge in [0.15, 0.2) is 0 Å². The average Bonchev–Trinajstić information content (AvgIpc) is 3.48. The van der Waals surface area contributed by atoms with Crippen LogP contribution in [0.5, 0.6) is 0 Å². The molecule has 8 heteroatoms. The number of carbonyl (C=O) groups is 1. The molecule has 3 heterocycles. The third kappa shape index (κ3) is 4.47. The second kappa shape index (κ2) is 8.91. The van der Waals surface area contributed by atoms with Gasteiger partial charge in [0.05, 0.1) is 16.3 Å². The van der Waals surface area contributed by atoms with Crippen molar-refractivity contribution in [2.75, 3.05) is 7.05 Å². The number of likely N-dealkylation sites (N-methyl/N-ethyl adjacent to an activating group) is 1. The highest BCUT2D eigenvalue weighted by Crippen LogP contribution is 2.28. The molecular formula is C23H22ClN5OS. The summed E-state index contributed by atoms with van der Waals surface area (Å²) in [5.41, 5.74) is 4.37. The van der Waals surface area contributed by atoms with Crippen molar-refractivity contribution in [3.05, 3.63) is 82.1 Å². The minimum atomic E-state index is -0.121. The molecule has 1 amide bonds. The predicted octanol–water partition coefficient (Wildman–Crippen LogP) is 4.97. The zero-order valence-corrected chi connectivity index (χ0v) is 19.1. The maximum absolute atomic E-state index is 12.8. The molecular weight excluding hydrogens is 430 g/mol. The van der Waals surface area contributed by atoms with Crippen LogP contribution in [0, 0.1) is 6.92 Å². The molecule has 0 radical (unpaired) electrons. The van der Waals surface area contributed by atoms with E-state index in [1.165, 1.54) is 6.08 Å². The van der Waals surface area contributed by atoms with E-state index in [4.69, 9.17) is 16.7 Å². The van der Waals surface area contributed by atoms with Crippen molar-refractivity contribution in [1.82, 2.24) is 24.5 Å². The summed E-state index contributed by atoms with van der Waals surface area (Å²) in [6.45, 7) is 2.30. The summed E-state index contributed by atoms with van der Waals surface area (Å²) in [6, 6.07) is 14.0. The minimum Gasteiger partial charge on any atom is -0.338 e. The number of thiophene rings is 1. The van der Waals surface area contributed by atoms with E-state index in [0.717, 1.165) is 33.1 Å². The first-order chi connectivity index (χ1) is 14.9. The van der Waals surface area contributed by atoms with Crippen LogP contribution in [0.2, 0.25) is 5.15 Å². The molecule has 0 unspecified atom stereocenters. The first-order valence-electron chi connectivity index (χ1n) is 9.74. The number of para-hydroxylation sites is 1. The minimum absolute atomic E-state index is 0.121. The summed E-state index contributed by atoms with van der Waals surface area (Å²) in [5.74, 6) is -0.121. The zero-order valence-electron chi connectivity index (χ0n) is 17.5. The lowest BCUT2D eigenvalue weighted by Crippen LogP contribution is -2.24. The monoisotopic (exact) mass is 451 g/mol. The molecule has 31 heavy (non-hydrogen) atoms. The fourth-order valence-corrected chi connectivity index (χ4v) is 4.29. The number of halogens is 1. The van der Waals surface area contributed by atoms with Gasteiger partial charge in [-0.15, -0.1) is 11.3 Å². The van der Waals surface area contributed by atoms with Crippen LogP contribution in [0.25, 0.3) is 22.3 Å². The molecule has 0 fully saturated rings. The zero-order chi connectivity index (χ0) is 22.0. The van der Waals surface area contributed by atoms with Crippen molar-refractivity contribution in [1.29, 1.82) is 0 Å². The van der Waals surface area contributed by atoms with E-state index in [1.807, 2.05) is 65.6 Å². The lowest BCUT2D eigenvalue weighted by atomic mass is 10.2. The fraction of sp³-hybridized carbons (Fsp3) is 0.174. The highest BCUT2D eigenvalue weighted by atomic mass is 35.5. The molecule has 0 bridgehead atoms. The van der Waals surface area contributed by atoms with Gasteiger partial charge in [-0.25, -0.2) is 4.68 Å². The molecule has 6 nitrogen and oxygen atoms in total. The van der Waals surface area contributed by atoms with Crippen LogP contribution in [-0.4, -0.2) is 37.4 Å². The highest BCUT2D eigenvalue weighted by molar-refractivity contribution is 7.13. The fourth-order valence-electron chi connectivity index (χ4n) is 3.31. The van der Waals surface area contributed by atoms with E-state index in [-0.39, 0.29) is 5.91 Å². The third-order valence-corrected chi connectivity index (χ3v) is 6.26. The van der Waals surface area contributed by atoms with Gasteiger partial charge in [-0.2, -0.15) is 10.2 Å². The SMILES string of the molecule is Cc1nn(C)c(Cl)c1/C=C/C(=O)N(C)Cc1cn(-c2ccccc2)nc1-c1cccs1. The Balaban J connectivity index is 1.58. The Kier molecular flexibility index (Phi) is 6.06. The standard InChI is InChI=1S/C23H22ClN5OS/c1-16-19(23(24)28(3)25-16)11-12-21(30)27(2)14-17-15-29(18-8-5-4-6-9-18)26-22(17)20-10-7-13-31-20/h4-13,15H,14H2,1-3H3/b12-11+. The number of aryl methyl sites for hydroxylation is 2. The van der Waals surface area contributed by atoms with E-state index in [2.05, 4.69) is 5.10 Å². The van der Waals surface area contributed by atoms with Crippen LogP contribution >= 0.6 is 22.9 Å². The van der Waals surface area contributed by atoms with E-state index < -0.39 is 0 Å². The second-order valence-corrected chi connectivity index (χ2v) is 8.51.